The van der Waals surface area contributed by atoms with Gasteiger partial charge in [0, 0.05) is 10.8 Å². The second-order valence-electron chi connectivity index (χ2n) is 15.7. The number of fused-ring (bicyclic) bond motifs is 8. The molecule has 0 bridgehead atoms. The van der Waals surface area contributed by atoms with Crippen molar-refractivity contribution in [3.05, 3.63) is 179 Å². The van der Waals surface area contributed by atoms with Gasteiger partial charge in [-0.25, -0.2) is 4.39 Å². The van der Waals surface area contributed by atoms with Crippen LogP contribution in [0.1, 0.15) is 55.5 Å². The minimum Gasteiger partial charge on any atom is -0.246 e. The van der Waals surface area contributed by atoms with Crippen LogP contribution in [-0.2, 0) is 17.5 Å². The summed E-state index contributed by atoms with van der Waals surface area (Å²) in [6.07, 6.45) is 0. The molecule has 1 heteroatoms. The van der Waals surface area contributed by atoms with E-state index < -0.39 is 6.67 Å². The molecule has 52 heavy (non-hydrogen) atoms. The molecule has 250 valence electrons. The maximum atomic E-state index is 13.7. The maximum Gasteiger partial charge on any atom is 0.115 e. The van der Waals surface area contributed by atoms with Gasteiger partial charge in [-0.2, -0.15) is 0 Å². The lowest BCUT2D eigenvalue weighted by Gasteiger charge is -2.23. The van der Waals surface area contributed by atoms with Crippen LogP contribution in [0.2, 0.25) is 0 Å². The lowest BCUT2D eigenvalue weighted by molar-refractivity contribution is 0.485. The van der Waals surface area contributed by atoms with E-state index in [2.05, 4.69) is 167 Å². The molecule has 0 spiro atoms. The van der Waals surface area contributed by atoms with E-state index >= 15 is 0 Å². The summed E-state index contributed by atoms with van der Waals surface area (Å²) in [7, 11) is 0. The molecule has 0 unspecified atom stereocenters. The monoisotopic (exact) mass is 670 g/mol. The Kier molecular flexibility index (Phi) is 6.62. The van der Waals surface area contributed by atoms with Crippen molar-refractivity contribution in [3.63, 3.8) is 0 Å². The third-order valence-electron chi connectivity index (χ3n) is 12.2. The van der Waals surface area contributed by atoms with Crippen molar-refractivity contribution >= 4 is 21.5 Å². The van der Waals surface area contributed by atoms with Gasteiger partial charge in [-0.1, -0.05) is 167 Å². The minimum absolute atomic E-state index is 0.0795. The van der Waals surface area contributed by atoms with Crippen LogP contribution in [0.25, 0.3) is 77.2 Å². The fourth-order valence-electron chi connectivity index (χ4n) is 9.57. The van der Waals surface area contributed by atoms with Crippen molar-refractivity contribution in [1.82, 2.24) is 0 Å². The first kappa shape index (κ1) is 31.0. The van der Waals surface area contributed by atoms with E-state index in [0.717, 1.165) is 5.56 Å². The van der Waals surface area contributed by atoms with Crippen molar-refractivity contribution < 1.29 is 4.39 Å². The zero-order valence-electron chi connectivity index (χ0n) is 30.0. The molecule has 0 amide bonds. The normalized spacial score (nSPS) is 14.6. The van der Waals surface area contributed by atoms with E-state index in [0.29, 0.717) is 5.56 Å². The molecule has 0 saturated heterocycles. The molecule has 0 nitrogen and oxygen atoms in total. The van der Waals surface area contributed by atoms with Gasteiger partial charge in [0.1, 0.15) is 6.67 Å². The van der Waals surface area contributed by atoms with Crippen LogP contribution in [0, 0.1) is 0 Å². The number of hydrogen-bond donors (Lipinski definition) is 0. The Morgan fingerprint density at radius 3 is 1.63 bits per heavy atom. The van der Waals surface area contributed by atoms with Crippen LogP contribution in [0.4, 0.5) is 4.39 Å². The van der Waals surface area contributed by atoms with Gasteiger partial charge in [-0.3, -0.25) is 0 Å². The molecule has 8 aromatic rings. The first-order valence-electron chi connectivity index (χ1n) is 18.4. The highest BCUT2D eigenvalue weighted by atomic mass is 19.1. The number of rotatable bonds is 4. The number of alkyl halides is 1. The van der Waals surface area contributed by atoms with Crippen LogP contribution in [0.15, 0.2) is 152 Å². The molecule has 10 rings (SSSR count). The van der Waals surface area contributed by atoms with Gasteiger partial charge >= 0.3 is 0 Å². The molecule has 0 N–H and O–H groups in total. The van der Waals surface area contributed by atoms with Crippen LogP contribution < -0.4 is 0 Å². The number of halogens is 1. The smallest absolute Gasteiger partial charge is 0.115 e. The standard InChI is InChI=1S/C51H39F/c1-50(2)44-18-10-8-15-40(44)49-41(16-11-19-45(49)50)48-38-14-6-5-13-37(38)47(32-22-20-31(30-52)21-23-32)39-27-25-33(28-42(39)48)34-24-26-36-35-12-7-9-17-43(35)51(3,4)46(36)29-34/h5-29H,30H2,1-4H3. The van der Waals surface area contributed by atoms with Gasteiger partial charge < -0.3 is 0 Å². The zero-order valence-corrected chi connectivity index (χ0v) is 30.0. The summed E-state index contributed by atoms with van der Waals surface area (Å²) in [5, 5.41) is 4.84. The van der Waals surface area contributed by atoms with E-state index in [1.165, 1.54) is 93.9 Å². The topological polar surface area (TPSA) is 0 Å². The lowest BCUT2D eigenvalue weighted by Crippen LogP contribution is -2.14. The van der Waals surface area contributed by atoms with E-state index in [-0.39, 0.29) is 10.8 Å². The Bertz CT molecular complexity index is 2760. The average molecular weight is 671 g/mol. The van der Waals surface area contributed by atoms with Gasteiger partial charge in [0.25, 0.3) is 0 Å². The first-order valence-corrected chi connectivity index (χ1v) is 18.4. The molecule has 0 atom stereocenters. The fourth-order valence-corrected chi connectivity index (χ4v) is 9.57. The van der Waals surface area contributed by atoms with Gasteiger partial charge in [0.05, 0.1) is 0 Å². The minimum atomic E-state index is -0.469. The predicted molar refractivity (Wildman–Crippen MR) is 218 cm³/mol. The molecule has 2 aliphatic rings. The van der Waals surface area contributed by atoms with Crippen molar-refractivity contribution in [3.8, 4) is 55.6 Å². The molecule has 0 saturated carbocycles. The van der Waals surface area contributed by atoms with Crippen LogP contribution >= 0.6 is 0 Å². The van der Waals surface area contributed by atoms with Crippen LogP contribution in [0.5, 0.6) is 0 Å². The van der Waals surface area contributed by atoms with E-state index in [1.807, 2.05) is 12.1 Å². The highest BCUT2D eigenvalue weighted by Gasteiger charge is 2.38. The van der Waals surface area contributed by atoms with Gasteiger partial charge in [0.15, 0.2) is 0 Å². The molecular formula is C51H39F. The summed E-state index contributed by atoms with van der Waals surface area (Å²) in [6, 6.07) is 55.6. The molecule has 0 radical (unpaired) electrons. The van der Waals surface area contributed by atoms with Crippen molar-refractivity contribution in [2.75, 3.05) is 0 Å². The third kappa shape index (κ3) is 4.26. The van der Waals surface area contributed by atoms with E-state index in [1.54, 1.807) is 0 Å². The largest absolute Gasteiger partial charge is 0.246 e. The average Bonchev–Trinajstić information content (AvgIpc) is 3.56. The summed E-state index contributed by atoms with van der Waals surface area (Å²) in [5.41, 5.74) is 18.6. The van der Waals surface area contributed by atoms with Crippen molar-refractivity contribution in [2.24, 2.45) is 0 Å². The fraction of sp³-hybridized carbons (Fsp3) is 0.137. The molecular weight excluding hydrogens is 632 g/mol. The van der Waals surface area contributed by atoms with E-state index in [9.17, 15) is 4.39 Å². The zero-order chi connectivity index (χ0) is 35.4. The third-order valence-corrected chi connectivity index (χ3v) is 12.2. The van der Waals surface area contributed by atoms with Crippen molar-refractivity contribution in [1.29, 1.82) is 0 Å². The summed E-state index contributed by atoms with van der Waals surface area (Å²) in [6.45, 7) is 8.94. The Balaban J connectivity index is 1.29. The molecule has 8 aromatic carbocycles. The van der Waals surface area contributed by atoms with Crippen LogP contribution in [0.3, 0.4) is 0 Å². The van der Waals surface area contributed by atoms with Gasteiger partial charge in [0.2, 0.25) is 0 Å². The molecule has 0 heterocycles. The molecule has 2 aliphatic carbocycles. The Morgan fingerprint density at radius 1 is 0.365 bits per heavy atom. The predicted octanol–water partition coefficient (Wildman–Crippen LogP) is 14.1. The Morgan fingerprint density at radius 2 is 0.885 bits per heavy atom. The molecule has 0 fully saturated rings. The molecule has 0 aliphatic heterocycles. The summed E-state index contributed by atoms with van der Waals surface area (Å²) in [5.74, 6) is 0. The second kappa shape index (κ2) is 11.1. The number of hydrogen-bond acceptors (Lipinski definition) is 0. The van der Waals surface area contributed by atoms with E-state index in [4.69, 9.17) is 0 Å². The van der Waals surface area contributed by atoms with Gasteiger partial charge in [-0.05, 0) is 117 Å². The summed E-state index contributed by atoms with van der Waals surface area (Å²) < 4.78 is 13.7. The summed E-state index contributed by atoms with van der Waals surface area (Å²) >= 11 is 0. The van der Waals surface area contributed by atoms with Gasteiger partial charge in [-0.15, -0.1) is 0 Å². The first-order chi connectivity index (χ1) is 25.3. The van der Waals surface area contributed by atoms with Crippen molar-refractivity contribution in [2.45, 2.75) is 45.2 Å². The second-order valence-corrected chi connectivity index (χ2v) is 15.7. The molecule has 0 aromatic heterocycles. The lowest BCUT2D eigenvalue weighted by atomic mass is 9.80. The quantitative estimate of drug-likeness (QED) is 0.164. The Hall–Kier alpha value is -5.79. The van der Waals surface area contributed by atoms with Crippen LogP contribution in [-0.4, -0.2) is 0 Å². The Labute approximate surface area is 305 Å². The number of benzene rings is 8. The highest BCUT2D eigenvalue weighted by molar-refractivity contribution is 6.23. The maximum absolute atomic E-state index is 13.7. The SMILES string of the molecule is CC1(C)c2ccccc2-c2ccc(-c3ccc4c(-c5ccc(CF)cc5)c5ccccc5c(-c5cccc6c5-c5ccccc5C6(C)C)c4c3)cc21. The highest BCUT2D eigenvalue weighted by Crippen LogP contribution is 2.55. The summed E-state index contributed by atoms with van der Waals surface area (Å²) in [4.78, 5) is 0.